The van der Waals surface area contributed by atoms with Crippen LogP contribution in [0.25, 0.3) is 0 Å². The van der Waals surface area contributed by atoms with Gasteiger partial charge in [-0.15, -0.1) is 0 Å². The molecule has 131 valence electrons. The van der Waals surface area contributed by atoms with Crippen molar-refractivity contribution in [3.05, 3.63) is 0 Å². The van der Waals surface area contributed by atoms with Crippen molar-refractivity contribution < 1.29 is 0 Å². The Kier molecular flexibility index (Phi) is 7.70. The number of nitrogens with zero attached hydrogens (tertiary/aromatic N) is 3. The molecule has 0 spiro atoms. The molecule has 0 aromatic carbocycles. The van der Waals surface area contributed by atoms with Crippen LogP contribution in [-0.2, 0) is 0 Å². The van der Waals surface area contributed by atoms with E-state index in [1.54, 1.807) is 0 Å². The van der Waals surface area contributed by atoms with Gasteiger partial charge in [0.2, 0.25) is 0 Å². The van der Waals surface area contributed by atoms with Gasteiger partial charge in [-0.25, -0.2) is 0 Å². The van der Waals surface area contributed by atoms with E-state index in [-0.39, 0.29) is 0 Å². The third-order valence-corrected chi connectivity index (χ3v) is 16.4. The standard InChI is InChI=1S/C12H26N2.C6H14N.Sn/c1-8-11(4,5)13-10(3)14-12(6,7)9-2;1-3-5-7-6-4-2;/h10H,8-9H2,1-7H3;3-6H2,1-2H3;/q-2;-1;+3. The fourth-order valence-corrected chi connectivity index (χ4v) is 14.5. The molecule has 1 fully saturated rings. The summed E-state index contributed by atoms with van der Waals surface area (Å²) in [7, 11) is 0. The Morgan fingerprint density at radius 3 is 1.45 bits per heavy atom. The van der Waals surface area contributed by atoms with Crippen LogP contribution in [0.5, 0.6) is 0 Å². The molecule has 3 nitrogen and oxygen atoms in total. The Balaban J connectivity index is 3.13. The van der Waals surface area contributed by atoms with Crippen LogP contribution in [0.2, 0.25) is 0 Å². The molecule has 0 aliphatic carbocycles. The summed E-state index contributed by atoms with van der Waals surface area (Å²) >= 11 is -1.92. The summed E-state index contributed by atoms with van der Waals surface area (Å²) in [6.45, 7) is 24.2. The van der Waals surface area contributed by atoms with Gasteiger partial charge < -0.3 is 0 Å². The zero-order valence-corrected chi connectivity index (χ0v) is 19.5. The zero-order valence-electron chi connectivity index (χ0n) is 16.7. The summed E-state index contributed by atoms with van der Waals surface area (Å²) in [5.41, 5.74) is 0.683. The second kappa shape index (κ2) is 8.17. The van der Waals surface area contributed by atoms with Gasteiger partial charge in [0, 0.05) is 0 Å². The first-order valence-corrected chi connectivity index (χ1v) is 13.2. The Morgan fingerprint density at radius 1 is 0.818 bits per heavy atom. The van der Waals surface area contributed by atoms with Gasteiger partial charge >= 0.3 is 148 Å². The molecule has 4 heteroatoms. The Labute approximate surface area is 148 Å². The van der Waals surface area contributed by atoms with Crippen LogP contribution in [-0.4, -0.2) is 60.3 Å². The number of rotatable bonds is 9. The Hall–Kier alpha value is 0.679. The van der Waals surface area contributed by atoms with Crippen molar-refractivity contribution in [2.75, 3.05) is 13.1 Å². The van der Waals surface area contributed by atoms with Crippen LogP contribution in [0, 0.1) is 0 Å². The molecule has 22 heavy (non-hydrogen) atoms. The van der Waals surface area contributed by atoms with E-state index in [1.165, 1.54) is 38.8 Å². The topological polar surface area (TPSA) is 9.72 Å². The van der Waals surface area contributed by atoms with E-state index < -0.39 is 20.6 Å². The second-order valence-electron chi connectivity index (χ2n) is 7.99. The molecule has 1 aliphatic rings. The molecule has 0 amide bonds. The third-order valence-electron chi connectivity index (χ3n) is 5.48. The molecule has 1 heterocycles. The average molecular weight is 417 g/mol. The van der Waals surface area contributed by atoms with Gasteiger partial charge in [0.1, 0.15) is 0 Å². The molecular formula is C18H40N3Sn. The van der Waals surface area contributed by atoms with Crippen LogP contribution < -0.4 is 0 Å². The summed E-state index contributed by atoms with van der Waals surface area (Å²) in [6.07, 6.45) is 5.65. The summed E-state index contributed by atoms with van der Waals surface area (Å²) < 4.78 is 8.78. The quantitative estimate of drug-likeness (QED) is 0.514. The molecule has 0 N–H and O–H groups in total. The van der Waals surface area contributed by atoms with Crippen molar-refractivity contribution in [1.82, 2.24) is 9.36 Å². The fourth-order valence-electron chi connectivity index (χ4n) is 3.56. The monoisotopic (exact) mass is 418 g/mol. The van der Waals surface area contributed by atoms with Crippen molar-refractivity contribution in [2.24, 2.45) is 0 Å². The Morgan fingerprint density at radius 2 is 1.18 bits per heavy atom. The molecule has 0 saturated carbocycles. The summed E-state index contributed by atoms with van der Waals surface area (Å²) in [4.78, 5) is 0. The van der Waals surface area contributed by atoms with E-state index in [4.69, 9.17) is 0 Å². The molecule has 1 rings (SSSR count). The van der Waals surface area contributed by atoms with Crippen molar-refractivity contribution in [3.63, 3.8) is 0 Å². The molecule has 1 aliphatic heterocycles. The number of hydrogen-bond donors (Lipinski definition) is 0. The van der Waals surface area contributed by atoms with E-state index in [1.807, 2.05) is 0 Å². The van der Waals surface area contributed by atoms with Crippen molar-refractivity contribution >= 4 is 20.6 Å². The van der Waals surface area contributed by atoms with Crippen molar-refractivity contribution in [2.45, 2.75) is 105 Å². The van der Waals surface area contributed by atoms with E-state index >= 15 is 0 Å². The minimum absolute atomic E-state index is 0.342. The second-order valence-corrected chi connectivity index (χ2v) is 14.3. The molecule has 1 radical (unpaired) electrons. The summed E-state index contributed by atoms with van der Waals surface area (Å²) in [6, 6.07) is 0. The summed E-state index contributed by atoms with van der Waals surface area (Å²) in [5, 5.41) is 0. The maximum atomic E-state index is 2.94. The zero-order chi connectivity index (χ0) is 17.1. The van der Waals surface area contributed by atoms with Gasteiger partial charge in [0.15, 0.2) is 0 Å². The molecule has 0 aromatic heterocycles. The predicted molar refractivity (Wildman–Crippen MR) is 99.8 cm³/mol. The normalized spacial score (nSPS) is 19.9. The first-order chi connectivity index (χ1) is 10.2. The average Bonchev–Trinajstić information content (AvgIpc) is 2.44. The van der Waals surface area contributed by atoms with E-state index in [9.17, 15) is 0 Å². The SMILES string of the molecule is CCC[N](CCC)[Sn]1[N](C(C)(C)CC)C(C)[N]1C(C)(C)CC. The fraction of sp³-hybridized carbons (Fsp3) is 1.00. The van der Waals surface area contributed by atoms with E-state index in [0.717, 1.165) is 0 Å². The Bertz CT molecular complexity index is 313. The predicted octanol–water partition coefficient (Wildman–Crippen LogP) is 4.43. The number of hydrogen-bond acceptors (Lipinski definition) is 3. The van der Waals surface area contributed by atoms with Gasteiger partial charge in [-0.2, -0.15) is 0 Å². The van der Waals surface area contributed by atoms with Crippen LogP contribution in [0.3, 0.4) is 0 Å². The molecule has 1 saturated heterocycles. The van der Waals surface area contributed by atoms with Gasteiger partial charge in [-0.1, -0.05) is 0 Å². The molecule has 0 aromatic rings. The third kappa shape index (κ3) is 4.01. The van der Waals surface area contributed by atoms with Crippen LogP contribution >= 0.6 is 0 Å². The van der Waals surface area contributed by atoms with Crippen molar-refractivity contribution in [1.29, 1.82) is 0 Å². The first kappa shape index (κ1) is 20.7. The van der Waals surface area contributed by atoms with Crippen LogP contribution in [0.1, 0.15) is 88.0 Å². The van der Waals surface area contributed by atoms with Gasteiger partial charge in [-0.05, 0) is 0 Å². The minimum atomic E-state index is -1.92. The molecule has 0 unspecified atom stereocenters. The van der Waals surface area contributed by atoms with Gasteiger partial charge in [0.05, 0.1) is 0 Å². The summed E-state index contributed by atoms with van der Waals surface area (Å²) in [5.74, 6) is 0. The van der Waals surface area contributed by atoms with Crippen LogP contribution in [0.4, 0.5) is 0 Å². The van der Waals surface area contributed by atoms with Crippen LogP contribution in [0.15, 0.2) is 0 Å². The van der Waals surface area contributed by atoms with Crippen molar-refractivity contribution in [3.8, 4) is 0 Å². The van der Waals surface area contributed by atoms with Gasteiger partial charge in [0.25, 0.3) is 0 Å². The molecule has 0 bridgehead atoms. The molecule has 0 atom stereocenters. The molecular weight excluding hydrogens is 377 g/mol. The van der Waals surface area contributed by atoms with E-state index in [0.29, 0.717) is 17.2 Å². The first-order valence-electron chi connectivity index (χ1n) is 9.38. The van der Waals surface area contributed by atoms with E-state index in [2.05, 4.69) is 71.7 Å². The maximum absolute atomic E-state index is 2.94. The van der Waals surface area contributed by atoms with Gasteiger partial charge in [-0.3, -0.25) is 0 Å².